The summed E-state index contributed by atoms with van der Waals surface area (Å²) in [5.74, 6) is -1.05. The van der Waals surface area contributed by atoms with E-state index in [-0.39, 0.29) is 5.56 Å². The number of amides is 1. The smallest absolute Gasteiger partial charge is 0.268 e. The van der Waals surface area contributed by atoms with E-state index in [4.69, 9.17) is 5.26 Å². The molecular formula is C20H15F3N4O3S. The molecule has 1 heterocycles. The molecule has 0 unspecified atom stereocenters. The van der Waals surface area contributed by atoms with Crippen LogP contribution in [0.4, 0.5) is 13.2 Å². The second kappa shape index (κ2) is 7.88. The van der Waals surface area contributed by atoms with Crippen molar-refractivity contribution >= 4 is 15.9 Å². The van der Waals surface area contributed by atoms with E-state index in [2.05, 4.69) is 5.10 Å². The Labute approximate surface area is 175 Å². The zero-order chi connectivity index (χ0) is 23.0. The van der Waals surface area contributed by atoms with Crippen molar-refractivity contribution < 1.29 is 26.4 Å². The van der Waals surface area contributed by atoms with Crippen LogP contribution in [-0.4, -0.2) is 24.1 Å². The number of nitriles is 1. The average Bonchev–Trinajstić information content (AvgIpc) is 3.08. The van der Waals surface area contributed by atoms with Crippen LogP contribution in [0.25, 0.3) is 5.69 Å². The first-order valence-electron chi connectivity index (χ1n) is 8.75. The van der Waals surface area contributed by atoms with E-state index < -0.39 is 38.1 Å². The lowest BCUT2D eigenvalue weighted by molar-refractivity contribution is -0.137. The Bertz CT molecular complexity index is 1320. The number of carbonyl (C=O) groups is 1. The molecule has 7 nitrogen and oxygen atoms in total. The van der Waals surface area contributed by atoms with Crippen LogP contribution in [0.3, 0.4) is 0 Å². The van der Waals surface area contributed by atoms with E-state index in [0.29, 0.717) is 17.4 Å². The quantitative estimate of drug-likeness (QED) is 0.658. The SMILES string of the molecule is Cc1ccccc1-n1ncc(C(=O)NS(=O)(=O)c2ccc(C#N)c(C(F)(F)F)c2)c1C. The molecule has 31 heavy (non-hydrogen) atoms. The molecule has 0 fully saturated rings. The number of nitrogens with zero attached hydrogens (tertiary/aromatic N) is 3. The van der Waals surface area contributed by atoms with Crippen molar-refractivity contribution in [1.29, 1.82) is 5.26 Å². The Morgan fingerprint density at radius 1 is 1.16 bits per heavy atom. The molecule has 160 valence electrons. The van der Waals surface area contributed by atoms with Crippen LogP contribution < -0.4 is 4.72 Å². The van der Waals surface area contributed by atoms with Gasteiger partial charge in [-0.3, -0.25) is 4.79 Å². The summed E-state index contributed by atoms with van der Waals surface area (Å²) in [5, 5.41) is 13.0. The second-order valence-electron chi connectivity index (χ2n) is 6.59. The Kier molecular flexibility index (Phi) is 5.61. The van der Waals surface area contributed by atoms with Gasteiger partial charge in [0.15, 0.2) is 0 Å². The standard InChI is InChI=1S/C20H15F3N4O3S/c1-12-5-3-4-6-18(12)27-13(2)16(11-25-27)19(28)26-31(29,30)15-8-7-14(10-24)17(9-15)20(21,22)23/h3-9,11H,1-2H3,(H,26,28). The molecule has 11 heteroatoms. The topological polar surface area (TPSA) is 105 Å². The Morgan fingerprint density at radius 2 is 1.84 bits per heavy atom. The van der Waals surface area contributed by atoms with Crippen molar-refractivity contribution in [3.05, 3.63) is 76.6 Å². The molecule has 1 N–H and O–H groups in total. The second-order valence-corrected chi connectivity index (χ2v) is 8.28. The van der Waals surface area contributed by atoms with Gasteiger partial charge < -0.3 is 0 Å². The van der Waals surface area contributed by atoms with Crippen molar-refractivity contribution in [3.8, 4) is 11.8 Å². The lowest BCUT2D eigenvalue weighted by Crippen LogP contribution is -2.31. The van der Waals surface area contributed by atoms with Gasteiger partial charge in [-0.2, -0.15) is 23.5 Å². The van der Waals surface area contributed by atoms with Gasteiger partial charge in [0.25, 0.3) is 15.9 Å². The fourth-order valence-corrected chi connectivity index (χ4v) is 3.93. The Hall–Kier alpha value is -3.65. The summed E-state index contributed by atoms with van der Waals surface area (Å²) in [7, 11) is -4.64. The molecule has 0 atom stereocenters. The highest BCUT2D eigenvalue weighted by atomic mass is 32.2. The van der Waals surface area contributed by atoms with Crippen LogP contribution in [0.5, 0.6) is 0 Å². The van der Waals surface area contributed by atoms with Crippen LogP contribution in [0, 0.1) is 25.2 Å². The highest BCUT2D eigenvalue weighted by Gasteiger charge is 2.35. The number of carbonyl (C=O) groups excluding carboxylic acids is 1. The molecule has 0 radical (unpaired) electrons. The maximum absolute atomic E-state index is 13.1. The zero-order valence-corrected chi connectivity index (χ0v) is 17.0. The number of aromatic nitrogens is 2. The fourth-order valence-electron chi connectivity index (χ4n) is 2.93. The van der Waals surface area contributed by atoms with Gasteiger partial charge in [-0.25, -0.2) is 17.8 Å². The number of halogens is 3. The van der Waals surface area contributed by atoms with E-state index >= 15 is 0 Å². The van der Waals surface area contributed by atoms with Crippen LogP contribution >= 0.6 is 0 Å². The van der Waals surface area contributed by atoms with E-state index in [1.165, 1.54) is 16.9 Å². The molecule has 1 aromatic heterocycles. The lowest BCUT2D eigenvalue weighted by Gasteiger charge is -2.12. The molecule has 0 saturated heterocycles. The molecule has 3 aromatic rings. The van der Waals surface area contributed by atoms with E-state index in [9.17, 15) is 26.4 Å². The van der Waals surface area contributed by atoms with E-state index in [1.54, 1.807) is 23.8 Å². The predicted molar refractivity (Wildman–Crippen MR) is 104 cm³/mol. The minimum absolute atomic E-state index is 0.0588. The molecule has 0 aliphatic rings. The molecule has 0 saturated carbocycles. The van der Waals surface area contributed by atoms with Gasteiger partial charge in [0.1, 0.15) is 0 Å². The number of aryl methyl sites for hydroxylation is 1. The third kappa shape index (κ3) is 4.29. The number of hydrogen-bond acceptors (Lipinski definition) is 5. The van der Waals surface area contributed by atoms with Crippen molar-refractivity contribution in [1.82, 2.24) is 14.5 Å². The molecule has 0 bridgehead atoms. The Balaban J connectivity index is 1.94. The molecule has 0 spiro atoms. The maximum Gasteiger partial charge on any atom is 0.417 e. The summed E-state index contributed by atoms with van der Waals surface area (Å²) < 4.78 is 67.7. The summed E-state index contributed by atoms with van der Waals surface area (Å²) in [4.78, 5) is 11.8. The van der Waals surface area contributed by atoms with Crippen molar-refractivity contribution in [2.24, 2.45) is 0 Å². The van der Waals surface area contributed by atoms with Crippen LogP contribution in [-0.2, 0) is 16.2 Å². The molecule has 3 rings (SSSR count). The predicted octanol–water partition coefficient (Wildman–Crippen LogP) is 3.50. The van der Waals surface area contributed by atoms with Crippen molar-refractivity contribution in [2.45, 2.75) is 24.9 Å². The number of nitrogens with one attached hydrogen (secondary N) is 1. The zero-order valence-electron chi connectivity index (χ0n) is 16.2. The summed E-state index contributed by atoms with van der Waals surface area (Å²) in [6.45, 7) is 3.40. The van der Waals surface area contributed by atoms with Crippen molar-refractivity contribution in [3.63, 3.8) is 0 Å². The largest absolute Gasteiger partial charge is 0.417 e. The molecule has 1 amide bonds. The van der Waals surface area contributed by atoms with Crippen LogP contribution in [0.2, 0.25) is 0 Å². The molecule has 0 aliphatic heterocycles. The van der Waals surface area contributed by atoms with Gasteiger partial charge in [0, 0.05) is 0 Å². The minimum atomic E-state index is -4.94. The highest BCUT2D eigenvalue weighted by molar-refractivity contribution is 7.90. The third-order valence-corrected chi connectivity index (χ3v) is 5.88. The number of benzene rings is 2. The molecular weight excluding hydrogens is 433 g/mol. The number of hydrogen-bond donors (Lipinski definition) is 1. The number of rotatable bonds is 4. The third-order valence-electron chi connectivity index (χ3n) is 4.55. The Morgan fingerprint density at radius 3 is 2.45 bits per heavy atom. The monoisotopic (exact) mass is 448 g/mol. The first-order valence-corrected chi connectivity index (χ1v) is 10.2. The average molecular weight is 448 g/mol. The fraction of sp³-hybridized carbons (Fsp3) is 0.150. The number of sulfonamides is 1. The normalized spacial score (nSPS) is 11.7. The summed E-state index contributed by atoms with van der Waals surface area (Å²) in [5.41, 5.74) is -0.300. The van der Waals surface area contributed by atoms with E-state index in [0.717, 1.165) is 17.7 Å². The van der Waals surface area contributed by atoms with Crippen LogP contribution in [0.15, 0.2) is 53.6 Å². The summed E-state index contributed by atoms with van der Waals surface area (Å²) >= 11 is 0. The molecule has 0 aliphatic carbocycles. The first kappa shape index (κ1) is 22.0. The van der Waals surface area contributed by atoms with Gasteiger partial charge in [-0.15, -0.1) is 0 Å². The number of para-hydroxylation sites is 1. The van der Waals surface area contributed by atoms with Gasteiger partial charge >= 0.3 is 6.18 Å². The van der Waals surface area contributed by atoms with Crippen molar-refractivity contribution in [2.75, 3.05) is 0 Å². The van der Waals surface area contributed by atoms with Crippen LogP contribution in [0.1, 0.15) is 32.7 Å². The summed E-state index contributed by atoms with van der Waals surface area (Å²) in [6, 6.07) is 10.5. The number of alkyl halides is 3. The highest BCUT2D eigenvalue weighted by Crippen LogP contribution is 2.33. The summed E-state index contributed by atoms with van der Waals surface area (Å²) in [6.07, 6.45) is -3.77. The maximum atomic E-state index is 13.1. The van der Waals surface area contributed by atoms with E-state index in [1.807, 2.05) is 19.1 Å². The minimum Gasteiger partial charge on any atom is -0.268 e. The van der Waals surface area contributed by atoms with Gasteiger partial charge in [0.05, 0.1) is 45.2 Å². The lowest BCUT2D eigenvalue weighted by atomic mass is 10.1. The van der Waals surface area contributed by atoms with Gasteiger partial charge in [-0.05, 0) is 43.7 Å². The first-order chi connectivity index (χ1) is 14.5. The van der Waals surface area contributed by atoms with Gasteiger partial charge in [-0.1, -0.05) is 18.2 Å². The molecule has 2 aromatic carbocycles. The van der Waals surface area contributed by atoms with Gasteiger partial charge in [0.2, 0.25) is 0 Å².